The fourth-order valence-corrected chi connectivity index (χ4v) is 1.68. The highest BCUT2D eigenvalue weighted by Crippen LogP contribution is 2.16. The van der Waals surface area contributed by atoms with E-state index >= 15 is 0 Å². The minimum Gasteiger partial charge on any atom is -0.436 e. The molecule has 20 heavy (non-hydrogen) atoms. The number of alkyl halides is 2. The zero-order valence-corrected chi connectivity index (χ0v) is 14.3. The van der Waals surface area contributed by atoms with Crippen molar-refractivity contribution in [2.24, 2.45) is 0 Å². The van der Waals surface area contributed by atoms with Gasteiger partial charge < -0.3 is 9.47 Å². The van der Waals surface area contributed by atoms with Gasteiger partial charge in [0.05, 0.1) is 11.1 Å². The highest BCUT2D eigenvalue weighted by molar-refractivity contribution is 14.1. The molecule has 2 atom stereocenters. The van der Waals surface area contributed by atoms with Crippen molar-refractivity contribution in [1.29, 1.82) is 0 Å². The van der Waals surface area contributed by atoms with Crippen molar-refractivity contribution in [3.8, 4) is 24.7 Å². The third kappa shape index (κ3) is 4.69. The number of ether oxygens (including phenoxy) is 2. The SMILES string of the molecule is C#CC(I)OC(=O)c1ccccc1C(=O)OC(I)C#C. The molecule has 1 aromatic carbocycles. The Morgan fingerprint density at radius 2 is 1.30 bits per heavy atom. The van der Waals surface area contributed by atoms with Crippen LogP contribution in [0.4, 0.5) is 0 Å². The summed E-state index contributed by atoms with van der Waals surface area (Å²) in [6.07, 6.45) is 10.3. The summed E-state index contributed by atoms with van der Waals surface area (Å²) in [4.78, 5) is 23.8. The number of terminal acetylenes is 2. The highest BCUT2D eigenvalue weighted by atomic mass is 127. The first kappa shape index (κ1) is 16.8. The maximum absolute atomic E-state index is 11.9. The van der Waals surface area contributed by atoms with E-state index in [1.165, 1.54) is 12.1 Å². The number of benzene rings is 1. The minimum atomic E-state index is -0.716. The van der Waals surface area contributed by atoms with Crippen LogP contribution in [0.5, 0.6) is 0 Å². The number of halogens is 2. The standard InChI is InChI=1S/C14H8I2O4/c1-3-11(15)19-13(17)9-7-5-6-8-10(9)14(18)20-12(16)4-2/h1-2,5-8,11-12H. The topological polar surface area (TPSA) is 52.6 Å². The average molecular weight is 494 g/mol. The zero-order chi connectivity index (χ0) is 15.1. The van der Waals surface area contributed by atoms with Gasteiger partial charge in [0, 0.05) is 0 Å². The summed E-state index contributed by atoms with van der Waals surface area (Å²) in [6.45, 7) is 0. The third-order valence-electron chi connectivity index (χ3n) is 2.05. The Morgan fingerprint density at radius 1 is 0.950 bits per heavy atom. The Bertz CT molecular complexity index is 545. The molecule has 102 valence electrons. The predicted octanol–water partition coefficient (Wildman–Crippen LogP) is 2.79. The fourth-order valence-electron chi connectivity index (χ4n) is 1.22. The summed E-state index contributed by atoms with van der Waals surface area (Å²) in [5.74, 6) is 3.12. The van der Waals surface area contributed by atoms with Gasteiger partial charge in [-0.2, -0.15) is 0 Å². The van der Waals surface area contributed by atoms with Gasteiger partial charge in [0.15, 0.2) is 0 Å². The Hall–Kier alpha value is -1.26. The van der Waals surface area contributed by atoms with Gasteiger partial charge >= 0.3 is 11.9 Å². The molecule has 0 aromatic heterocycles. The van der Waals surface area contributed by atoms with Crippen LogP contribution in [0.2, 0.25) is 0 Å². The van der Waals surface area contributed by atoms with Gasteiger partial charge in [0.1, 0.15) is 0 Å². The van der Waals surface area contributed by atoms with Crippen molar-refractivity contribution in [1.82, 2.24) is 0 Å². The maximum Gasteiger partial charge on any atom is 0.340 e. The van der Waals surface area contributed by atoms with Crippen LogP contribution >= 0.6 is 45.2 Å². The lowest BCUT2D eigenvalue weighted by Gasteiger charge is -2.11. The second-order valence-electron chi connectivity index (χ2n) is 3.32. The van der Waals surface area contributed by atoms with Gasteiger partial charge in [0.2, 0.25) is 8.22 Å². The molecule has 0 saturated heterocycles. The molecular formula is C14H8I2O4. The first-order valence-electron chi connectivity index (χ1n) is 5.21. The largest absolute Gasteiger partial charge is 0.436 e. The highest BCUT2D eigenvalue weighted by Gasteiger charge is 2.21. The van der Waals surface area contributed by atoms with Crippen LogP contribution < -0.4 is 0 Å². The molecule has 2 unspecified atom stereocenters. The van der Waals surface area contributed by atoms with Crippen molar-refractivity contribution < 1.29 is 19.1 Å². The number of hydrogen-bond acceptors (Lipinski definition) is 4. The van der Waals surface area contributed by atoms with Crippen LogP contribution in [0.1, 0.15) is 20.7 Å². The maximum atomic E-state index is 11.9. The van der Waals surface area contributed by atoms with Gasteiger partial charge in [-0.1, -0.05) is 24.0 Å². The second kappa shape index (κ2) is 8.12. The molecule has 4 nitrogen and oxygen atoms in total. The molecule has 0 fully saturated rings. The van der Waals surface area contributed by atoms with Gasteiger partial charge in [-0.25, -0.2) is 9.59 Å². The third-order valence-corrected chi connectivity index (χ3v) is 3.28. The van der Waals surface area contributed by atoms with Crippen molar-refractivity contribution >= 4 is 57.1 Å². The molecule has 0 aliphatic rings. The van der Waals surface area contributed by atoms with E-state index in [4.69, 9.17) is 22.3 Å². The predicted molar refractivity (Wildman–Crippen MR) is 90.6 cm³/mol. The Labute approximate surface area is 143 Å². The Balaban J connectivity index is 3.00. The van der Waals surface area contributed by atoms with Crippen LogP contribution in [0, 0.1) is 24.7 Å². The molecule has 0 aliphatic heterocycles. The van der Waals surface area contributed by atoms with Crippen molar-refractivity contribution in [2.75, 3.05) is 0 Å². The molecule has 6 heteroatoms. The van der Waals surface area contributed by atoms with Crippen LogP contribution in [0.15, 0.2) is 24.3 Å². The lowest BCUT2D eigenvalue weighted by molar-refractivity contribution is 0.0490. The fraction of sp³-hybridized carbons (Fsp3) is 0.143. The number of hydrogen-bond donors (Lipinski definition) is 0. The summed E-state index contributed by atoms with van der Waals surface area (Å²) in [7, 11) is 0. The molecule has 1 rings (SSSR count). The van der Waals surface area contributed by atoms with E-state index in [0.717, 1.165) is 0 Å². The van der Waals surface area contributed by atoms with E-state index in [1.807, 2.05) is 0 Å². The quantitative estimate of drug-likeness (QED) is 0.280. The first-order chi connectivity index (χ1) is 9.49. The molecule has 0 heterocycles. The lowest BCUT2D eigenvalue weighted by Crippen LogP contribution is -2.18. The van der Waals surface area contributed by atoms with E-state index in [2.05, 4.69) is 11.8 Å². The monoisotopic (exact) mass is 494 g/mol. The zero-order valence-electron chi connectivity index (χ0n) is 10.0. The van der Waals surface area contributed by atoms with Gasteiger partial charge in [-0.15, -0.1) is 12.8 Å². The number of esters is 2. The smallest absolute Gasteiger partial charge is 0.340 e. The van der Waals surface area contributed by atoms with E-state index in [-0.39, 0.29) is 11.1 Å². The van der Waals surface area contributed by atoms with Crippen LogP contribution in [-0.4, -0.2) is 20.2 Å². The number of carbonyl (C=O) groups is 2. The van der Waals surface area contributed by atoms with Crippen molar-refractivity contribution in [2.45, 2.75) is 8.22 Å². The average Bonchev–Trinajstić information content (AvgIpc) is 2.46. The molecule has 0 N–H and O–H groups in total. The molecule has 1 aromatic rings. The van der Waals surface area contributed by atoms with E-state index in [0.29, 0.717) is 0 Å². The van der Waals surface area contributed by atoms with Gasteiger partial charge in [-0.3, -0.25) is 0 Å². The van der Waals surface area contributed by atoms with Crippen LogP contribution in [-0.2, 0) is 9.47 Å². The summed E-state index contributed by atoms with van der Waals surface area (Å²) in [5, 5.41) is 0. The molecular weight excluding hydrogens is 486 g/mol. The van der Waals surface area contributed by atoms with E-state index in [1.54, 1.807) is 57.3 Å². The molecule has 0 spiro atoms. The van der Waals surface area contributed by atoms with Crippen LogP contribution in [0.25, 0.3) is 0 Å². The summed E-state index contributed by atoms with van der Waals surface area (Å²) in [6, 6.07) is 6.12. The van der Waals surface area contributed by atoms with Crippen molar-refractivity contribution in [3.05, 3.63) is 35.4 Å². The second-order valence-corrected chi connectivity index (χ2v) is 5.58. The molecule has 0 radical (unpaired) electrons. The lowest BCUT2D eigenvalue weighted by atomic mass is 10.1. The Kier molecular flexibility index (Phi) is 6.82. The van der Waals surface area contributed by atoms with Gasteiger partial charge in [0.25, 0.3) is 0 Å². The number of rotatable bonds is 4. The first-order valence-corrected chi connectivity index (χ1v) is 7.70. The summed E-state index contributed by atoms with van der Waals surface area (Å²) >= 11 is 3.56. The molecule has 0 aliphatic carbocycles. The normalized spacial score (nSPS) is 12.4. The summed E-state index contributed by atoms with van der Waals surface area (Å²) < 4.78 is 8.51. The van der Waals surface area contributed by atoms with Crippen molar-refractivity contribution in [3.63, 3.8) is 0 Å². The van der Waals surface area contributed by atoms with Crippen LogP contribution in [0.3, 0.4) is 0 Å². The van der Waals surface area contributed by atoms with E-state index < -0.39 is 20.2 Å². The number of carbonyl (C=O) groups excluding carboxylic acids is 2. The summed E-state index contributed by atoms with van der Waals surface area (Å²) in [5.41, 5.74) is 0.157. The van der Waals surface area contributed by atoms with Gasteiger partial charge in [-0.05, 0) is 57.3 Å². The molecule has 0 bridgehead atoms. The molecule has 0 saturated carbocycles. The van der Waals surface area contributed by atoms with E-state index in [9.17, 15) is 9.59 Å². The Morgan fingerprint density at radius 3 is 1.60 bits per heavy atom. The minimum absolute atomic E-state index is 0.0787. The molecule has 0 amide bonds.